The number of para-hydroxylation sites is 1. The van der Waals surface area contributed by atoms with Crippen molar-refractivity contribution in [2.24, 2.45) is 0 Å². The predicted octanol–water partition coefficient (Wildman–Crippen LogP) is 3.11. The molecule has 5 heteroatoms. The van der Waals surface area contributed by atoms with E-state index in [9.17, 15) is 0 Å². The van der Waals surface area contributed by atoms with E-state index in [1.807, 2.05) is 42.8 Å². The first-order valence-corrected chi connectivity index (χ1v) is 6.48. The fourth-order valence-corrected chi connectivity index (χ4v) is 2.98. The Hall–Kier alpha value is -1.88. The Balaban J connectivity index is 2.22. The SMILES string of the molecule is COc1cccc2sc(-n3nc(C)cc3C)nc12. The third kappa shape index (κ3) is 1.67. The monoisotopic (exact) mass is 259 g/mol. The number of hydrogen-bond acceptors (Lipinski definition) is 4. The molecule has 0 saturated carbocycles. The smallest absolute Gasteiger partial charge is 0.211 e. The second kappa shape index (κ2) is 4.10. The third-order valence-corrected chi connectivity index (χ3v) is 3.78. The van der Waals surface area contributed by atoms with Gasteiger partial charge in [-0.25, -0.2) is 9.67 Å². The number of benzene rings is 1. The van der Waals surface area contributed by atoms with Crippen LogP contribution in [0, 0.1) is 13.8 Å². The number of aryl methyl sites for hydroxylation is 2. The number of aromatic nitrogens is 3. The average Bonchev–Trinajstić information content (AvgIpc) is 2.91. The Morgan fingerprint density at radius 1 is 1.28 bits per heavy atom. The molecule has 0 unspecified atom stereocenters. The number of fused-ring (bicyclic) bond motifs is 1. The molecular formula is C13H13N3OS. The van der Waals surface area contributed by atoms with Crippen LogP contribution in [0.25, 0.3) is 15.3 Å². The summed E-state index contributed by atoms with van der Waals surface area (Å²) in [6, 6.07) is 7.99. The Labute approximate surface area is 109 Å². The summed E-state index contributed by atoms with van der Waals surface area (Å²) in [4.78, 5) is 4.62. The Bertz CT molecular complexity index is 714. The second-order valence-corrected chi connectivity index (χ2v) is 5.15. The van der Waals surface area contributed by atoms with Gasteiger partial charge >= 0.3 is 0 Å². The van der Waals surface area contributed by atoms with E-state index in [4.69, 9.17) is 4.74 Å². The van der Waals surface area contributed by atoms with Crippen LogP contribution in [0.5, 0.6) is 5.75 Å². The highest BCUT2D eigenvalue weighted by atomic mass is 32.1. The van der Waals surface area contributed by atoms with Crippen LogP contribution in [-0.4, -0.2) is 21.9 Å². The molecule has 0 atom stereocenters. The zero-order valence-electron chi connectivity index (χ0n) is 10.5. The predicted molar refractivity (Wildman–Crippen MR) is 72.8 cm³/mol. The standard InChI is InChI=1S/C13H13N3OS/c1-8-7-9(2)16(15-8)13-14-12-10(17-3)5-4-6-11(12)18-13/h4-7H,1-3H3. The van der Waals surface area contributed by atoms with Crippen LogP contribution in [0.15, 0.2) is 24.3 Å². The van der Waals surface area contributed by atoms with Crippen molar-refractivity contribution in [1.82, 2.24) is 14.8 Å². The van der Waals surface area contributed by atoms with Crippen molar-refractivity contribution in [1.29, 1.82) is 0 Å². The summed E-state index contributed by atoms with van der Waals surface area (Å²) in [5.41, 5.74) is 2.98. The van der Waals surface area contributed by atoms with Crippen LogP contribution in [0.4, 0.5) is 0 Å². The molecule has 0 aliphatic rings. The first-order chi connectivity index (χ1) is 8.69. The number of ether oxygens (including phenoxy) is 1. The van der Waals surface area contributed by atoms with Gasteiger partial charge in [-0.15, -0.1) is 0 Å². The molecule has 0 aliphatic heterocycles. The molecule has 0 bridgehead atoms. The van der Waals surface area contributed by atoms with Gasteiger partial charge in [-0.3, -0.25) is 0 Å². The fraction of sp³-hybridized carbons (Fsp3) is 0.231. The van der Waals surface area contributed by atoms with E-state index in [1.165, 1.54) is 0 Å². The lowest BCUT2D eigenvalue weighted by Crippen LogP contribution is -1.97. The molecule has 2 aromatic heterocycles. The molecule has 3 rings (SSSR count). The van der Waals surface area contributed by atoms with Gasteiger partial charge in [0.15, 0.2) is 0 Å². The van der Waals surface area contributed by atoms with Crippen molar-refractivity contribution in [2.75, 3.05) is 7.11 Å². The van der Waals surface area contributed by atoms with Gasteiger partial charge in [-0.2, -0.15) is 5.10 Å². The quantitative estimate of drug-likeness (QED) is 0.710. The topological polar surface area (TPSA) is 39.9 Å². The molecule has 0 spiro atoms. The van der Waals surface area contributed by atoms with Gasteiger partial charge in [0.25, 0.3) is 0 Å². The van der Waals surface area contributed by atoms with Crippen molar-refractivity contribution in [3.05, 3.63) is 35.7 Å². The summed E-state index contributed by atoms with van der Waals surface area (Å²) in [6.45, 7) is 4.01. The van der Waals surface area contributed by atoms with Crippen LogP contribution in [-0.2, 0) is 0 Å². The molecule has 0 radical (unpaired) electrons. The largest absolute Gasteiger partial charge is 0.494 e. The van der Waals surface area contributed by atoms with Crippen molar-refractivity contribution >= 4 is 21.6 Å². The van der Waals surface area contributed by atoms with Crippen LogP contribution in [0.2, 0.25) is 0 Å². The Kier molecular flexibility index (Phi) is 2.56. The summed E-state index contributed by atoms with van der Waals surface area (Å²) < 4.78 is 8.31. The minimum Gasteiger partial charge on any atom is -0.494 e. The molecule has 0 aliphatic carbocycles. The molecular weight excluding hydrogens is 246 g/mol. The van der Waals surface area contributed by atoms with E-state index < -0.39 is 0 Å². The number of rotatable bonds is 2. The third-order valence-electron chi connectivity index (χ3n) is 2.78. The zero-order valence-corrected chi connectivity index (χ0v) is 11.3. The zero-order chi connectivity index (χ0) is 12.7. The maximum absolute atomic E-state index is 5.33. The lowest BCUT2D eigenvalue weighted by molar-refractivity contribution is 0.419. The van der Waals surface area contributed by atoms with E-state index in [-0.39, 0.29) is 0 Å². The number of methoxy groups -OCH3 is 1. The highest BCUT2D eigenvalue weighted by Gasteiger charge is 2.12. The average molecular weight is 259 g/mol. The van der Waals surface area contributed by atoms with Crippen LogP contribution >= 0.6 is 11.3 Å². The molecule has 0 amide bonds. The Morgan fingerprint density at radius 3 is 2.78 bits per heavy atom. The molecule has 92 valence electrons. The van der Waals surface area contributed by atoms with Crippen LogP contribution in [0.1, 0.15) is 11.4 Å². The summed E-state index contributed by atoms with van der Waals surface area (Å²) >= 11 is 1.62. The first-order valence-electron chi connectivity index (χ1n) is 5.66. The lowest BCUT2D eigenvalue weighted by Gasteiger charge is -1.98. The molecule has 18 heavy (non-hydrogen) atoms. The van der Waals surface area contributed by atoms with Gasteiger partial charge in [0.2, 0.25) is 5.13 Å². The maximum Gasteiger partial charge on any atom is 0.211 e. The molecule has 2 heterocycles. The van der Waals surface area contributed by atoms with Gasteiger partial charge in [-0.1, -0.05) is 17.4 Å². The maximum atomic E-state index is 5.33. The van der Waals surface area contributed by atoms with E-state index in [0.717, 1.165) is 32.5 Å². The summed E-state index contributed by atoms with van der Waals surface area (Å²) in [5, 5.41) is 5.33. The molecule has 3 aromatic rings. The molecule has 0 saturated heterocycles. The minimum atomic E-state index is 0.802. The van der Waals surface area contributed by atoms with Crippen LogP contribution in [0.3, 0.4) is 0 Å². The minimum absolute atomic E-state index is 0.802. The van der Waals surface area contributed by atoms with E-state index >= 15 is 0 Å². The lowest BCUT2D eigenvalue weighted by atomic mass is 10.3. The van der Waals surface area contributed by atoms with E-state index in [0.29, 0.717) is 0 Å². The van der Waals surface area contributed by atoms with Gasteiger partial charge in [0.1, 0.15) is 11.3 Å². The van der Waals surface area contributed by atoms with Gasteiger partial charge in [0.05, 0.1) is 17.5 Å². The fourth-order valence-electron chi connectivity index (χ4n) is 1.99. The van der Waals surface area contributed by atoms with E-state index in [1.54, 1.807) is 18.4 Å². The first kappa shape index (κ1) is 11.2. The molecule has 4 nitrogen and oxygen atoms in total. The molecule has 0 fully saturated rings. The summed E-state index contributed by atoms with van der Waals surface area (Å²) in [7, 11) is 1.66. The van der Waals surface area contributed by atoms with Crippen molar-refractivity contribution in [2.45, 2.75) is 13.8 Å². The second-order valence-electron chi connectivity index (χ2n) is 4.14. The van der Waals surface area contributed by atoms with Gasteiger partial charge < -0.3 is 4.74 Å². The van der Waals surface area contributed by atoms with E-state index in [2.05, 4.69) is 10.1 Å². The number of nitrogens with zero attached hydrogens (tertiary/aromatic N) is 3. The number of hydrogen-bond donors (Lipinski definition) is 0. The van der Waals surface area contributed by atoms with Crippen molar-refractivity contribution < 1.29 is 4.74 Å². The molecule has 1 aromatic carbocycles. The van der Waals surface area contributed by atoms with Crippen molar-refractivity contribution in [3.8, 4) is 10.9 Å². The summed E-state index contributed by atoms with van der Waals surface area (Å²) in [5.74, 6) is 0.802. The highest BCUT2D eigenvalue weighted by Crippen LogP contribution is 2.31. The van der Waals surface area contributed by atoms with Crippen molar-refractivity contribution in [3.63, 3.8) is 0 Å². The summed E-state index contributed by atoms with van der Waals surface area (Å²) in [6.07, 6.45) is 0. The normalized spacial score (nSPS) is 11.1. The number of thiazole rings is 1. The highest BCUT2D eigenvalue weighted by molar-refractivity contribution is 7.20. The van der Waals surface area contributed by atoms with Crippen LogP contribution < -0.4 is 4.74 Å². The van der Waals surface area contributed by atoms with Gasteiger partial charge in [0, 0.05) is 5.69 Å². The molecule has 0 N–H and O–H groups in total. The Morgan fingerprint density at radius 2 is 2.11 bits per heavy atom. The van der Waals surface area contributed by atoms with Gasteiger partial charge in [-0.05, 0) is 32.0 Å².